The Morgan fingerprint density at radius 2 is 1.94 bits per heavy atom. The van der Waals surface area contributed by atoms with Gasteiger partial charge in [-0.25, -0.2) is 0 Å². The molecular formula is C15H28N2S. The van der Waals surface area contributed by atoms with Crippen molar-refractivity contribution in [1.29, 1.82) is 0 Å². The van der Waals surface area contributed by atoms with Crippen LogP contribution in [0.25, 0.3) is 0 Å². The highest BCUT2D eigenvalue weighted by atomic mass is 32.1. The Bertz CT molecular complexity index is 319. The number of rotatable bonds is 8. The molecule has 0 aliphatic rings. The maximum Gasteiger partial charge on any atom is 0.0512 e. The first kappa shape index (κ1) is 15.7. The van der Waals surface area contributed by atoms with Gasteiger partial charge in [0.25, 0.3) is 0 Å². The van der Waals surface area contributed by atoms with E-state index in [0.717, 1.165) is 26.1 Å². The van der Waals surface area contributed by atoms with Gasteiger partial charge in [0, 0.05) is 5.54 Å². The molecule has 0 radical (unpaired) electrons. The van der Waals surface area contributed by atoms with Crippen LogP contribution in [0.5, 0.6) is 0 Å². The third-order valence-corrected chi connectivity index (χ3v) is 4.81. The molecule has 1 heterocycles. The predicted octanol–water partition coefficient (Wildman–Crippen LogP) is 3.91. The van der Waals surface area contributed by atoms with Crippen LogP contribution >= 0.6 is 11.3 Å². The minimum absolute atomic E-state index is 0.181. The van der Waals surface area contributed by atoms with Crippen molar-refractivity contribution >= 4 is 11.3 Å². The van der Waals surface area contributed by atoms with Crippen LogP contribution in [0, 0.1) is 0 Å². The van der Waals surface area contributed by atoms with Gasteiger partial charge in [-0.15, -0.1) is 0 Å². The highest BCUT2D eigenvalue weighted by Crippen LogP contribution is 2.35. The van der Waals surface area contributed by atoms with E-state index in [2.05, 4.69) is 61.7 Å². The van der Waals surface area contributed by atoms with Crippen molar-refractivity contribution in [2.24, 2.45) is 0 Å². The van der Waals surface area contributed by atoms with Crippen LogP contribution in [0.2, 0.25) is 0 Å². The highest BCUT2D eigenvalue weighted by molar-refractivity contribution is 7.07. The van der Waals surface area contributed by atoms with Gasteiger partial charge < -0.3 is 5.32 Å². The van der Waals surface area contributed by atoms with Crippen LogP contribution in [0.3, 0.4) is 0 Å². The van der Waals surface area contributed by atoms with E-state index in [9.17, 15) is 0 Å². The minimum Gasteiger partial charge on any atom is -0.309 e. The summed E-state index contributed by atoms with van der Waals surface area (Å²) in [6.45, 7) is 14.6. The van der Waals surface area contributed by atoms with Gasteiger partial charge in [0.15, 0.2) is 0 Å². The van der Waals surface area contributed by atoms with Crippen molar-refractivity contribution in [2.45, 2.75) is 52.6 Å². The fourth-order valence-corrected chi connectivity index (χ4v) is 3.58. The highest BCUT2D eigenvalue weighted by Gasteiger charge is 2.37. The van der Waals surface area contributed by atoms with Crippen molar-refractivity contribution < 1.29 is 0 Å². The third-order valence-electron chi connectivity index (χ3n) is 4.11. The maximum absolute atomic E-state index is 3.69. The topological polar surface area (TPSA) is 15.3 Å². The standard InChI is InChI=1S/C15H28N2S/c1-6-15(5,17(8-3)9-4)14(16-7-2)13-10-11-18-12-13/h10-12,14,16H,6-9H2,1-5H3. The van der Waals surface area contributed by atoms with Crippen molar-refractivity contribution in [2.75, 3.05) is 19.6 Å². The molecule has 0 saturated heterocycles. The molecule has 1 aromatic rings. The number of hydrogen-bond acceptors (Lipinski definition) is 3. The third kappa shape index (κ3) is 3.14. The number of nitrogens with one attached hydrogen (secondary N) is 1. The summed E-state index contributed by atoms with van der Waals surface area (Å²) in [6, 6.07) is 2.67. The summed E-state index contributed by atoms with van der Waals surface area (Å²) in [7, 11) is 0. The molecule has 1 rings (SSSR count). The lowest BCUT2D eigenvalue weighted by Gasteiger charge is -2.46. The number of nitrogens with zero attached hydrogens (tertiary/aromatic N) is 1. The molecule has 2 unspecified atom stereocenters. The van der Waals surface area contributed by atoms with E-state index in [-0.39, 0.29) is 5.54 Å². The van der Waals surface area contributed by atoms with Crippen LogP contribution in [-0.2, 0) is 0 Å². The first-order valence-electron chi connectivity index (χ1n) is 7.14. The molecule has 0 fully saturated rings. The van der Waals surface area contributed by atoms with Crippen molar-refractivity contribution in [1.82, 2.24) is 10.2 Å². The van der Waals surface area contributed by atoms with E-state index >= 15 is 0 Å². The zero-order chi connectivity index (χ0) is 13.6. The summed E-state index contributed by atoms with van der Waals surface area (Å²) in [5.41, 5.74) is 1.61. The van der Waals surface area contributed by atoms with Gasteiger partial charge >= 0.3 is 0 Å². The summed E-state index contributed by atoms with van der Waals surface area (Å²) >= 11 is 1.79. The van der Waals surface area contributed by atoms with E-state index in [1.807, 2.05) is 0 Å². The smallest absolute Gasteiger partial charge is 0.0512 e. The first-order chi connectivity index (χ1) is 8.63. The van der Waals surface area contributed by atoms with Crippen LogP contribution in [0.4, 0.5) is 0 Å². The van der Waals surface area contributed by atoms with Gasteiger partial charge in [-0.05, 0) is 55.4 Å². The lowest BCUT2D eigenvalue weighted by Crippen LogP contribution is -2.54. The van der Waals surface area contributed by atoms with Gasteiger partial charge in [0.05, 0.1) is 6.04 Å². The molecule has 0 saturated carbocycles. The second kappa shape index (κ2) is 7.27. The molecular weight excluding hydrogens is 240 g/mol. The molecule has 2 atom stereocenters. The summed E-state index contributed by atoms with van der Waals surface area (Å²) in [5.74, 6) is 0. The van der Waals surface area contributed by atoms with Gasteiger partial charge in [-0.3, -0.25) is 4.90 Å². The molecule has 104 valence electrons. The van der Waals surface area contributed by atoms with Gasteiger partial charge in [-0.2, -0.15) is 11.3 Å². The van der Waals surface area contributed by atoms with Crippen LogP contribution in [-0.4, -0.2) is 30.1 Å². The molecule has 0 spiro atoms. The van der Waals surface area contributed by atoms with Crippen LogP contribution < -0.4 is 5.32 Å². The van der Waals surface area contributed by atoms with Gasteiger partial charge in [-0.1, -0.05) is 27.7 Å². The monoisotopic (exact) mass is 268 g/mol. The van der Waals surface area contributed by atoms with E-state index in [4.69, 9.17) is 0 Å². The van der Waals surface area contributed by atoms with Crippen molar-refractivity contribution in [3.63, 3.8) is 0 Å². The Morgan fingerprint density at radius 3 is 2.33 bits per heavy atom. The number of thiophene rings is 1. The van der Waals surface area contributed by atoms with E-state index in [1.165, 1.54) is 5.56 Å². The Balaban J connectivity index is 3.07. The molecule has 0 aromatic carbocycles. The van der Waals surface area contributed by atoms with E-state index < -0.39 is 0 Å². The molecule has 0 amide bonds. The quantitative estimate of drug-likeness (QED) is 0.769. The lowest BCUT2D eigenvalue weighted by molar-refractivity contribution is 0.0706. The van der Waals surface area contributed by atoms with Crippen LogP contribution in [0.1, 0.15) is 52.6 Å². The summed E-state index contributed by atoms with van der Waals surface area (Å²) in [5, 5.41) is 8.15. The van der Waals surface area contributed by atoms with Gasteiger partial charge in [0.1, 0.15) is 0 Å². The Hall–Kier alpha value is -0.380. The van der Waals surface area contributed by atoms with Crippen molar-refractivity contribution in [3.05, 3.63) is 22.4 Å². The second-order valence-electron chi connectivity index (χ2n) is 4.93. The lowest BCUT2D eigenvalue weighted by atomic mass is 9.83. The molecule has 2 nitrogen and oxygen atoms in total. The maximum atomic E-state index is 3.69. The fraction of sp³-hybridized carbons (Fsp3) is 0.733. The average molecular weight is 268 g/mol. The molecule has 0 aliphatic heterocycles. The zero-order valence-electron chi connectivity index (χ0n) is 12.5. The molecule has 1 aromatic heterocycles. The zero-order valence-corrected chi connectivity index (χ0v) is 13.3. The number of likely N-dealkylation sites (N-methyl/N-ethyl adjacent to an activating group) is 2. The predicted molar refractivity (Wildman–Crippen MR) is 82.4 cm³/mol. The molecule has 3 heteroatoms. The molecule has 0 aliphatic carbocycles. The SMILES string of the molecule is CCNC(c1ccsc1)C(C)(CC)N(CC)CC. The average Bonchev–Trinajstić information content (AvgIpc) is 2.90. The minimum atomic E-state index is 0.181. The van der Waals surface area contributed by atoms with E-state index in [0.29, 0.717) is 6.04 Å². The van der Waals surface area contributed by atoms with E-state index in [1.54, 1.807) is 11.3 Å². The summed E-state index contributed by atoms with van der Waals surface area (Å²) in [6.07, 6.45) is 1.15. The fourth-order valence-electron chi connectivity index (χ4n) is 2.90. The molecule has 0 bridgehead atoms. The number of hydrogen-bond donors (Lipinski definition) is 1. The first-order valence-corrected chi connectivity index (χ1v) is 8.08. The Kier molecular flexibility index (Phi) is 6.33. The van der Waals surface area contributed by atoms with Crippen molar-refractivity contribution in [3.8, 4) is 0 Å². The largest absolute Gasteiger partial charge is 0.309 e. The molecule has 1 N–H and O–H groups in total. The normalized spacial score (nSPS) is 16.8. The molecule has 18 heavy (non-hydrogen) atoms. The Labute approximate surface area is 116 Å². The van der Waals surface area contributed by atoms with Gasteiger partial charge in [0.2, 0.25) is 0 Å². The second-order valence-corrected chi connectivity index (χ2v) is 5.71. The summed E-state index contributed by atoms with van der Waals surface area (Å²) in [4.78, 5) is 2.58. The Morgan fingerprint density at radius 1 is 1.28 bits per heavy atom. The summed E-state index contributed by atoms with van der Waals surface area (Å²) < 4.78 is 0. The van der Waals surface area contributed by atoms with Crippen LogP contribution in [0.15, 0.2) is 16.8 Å².